The Balaban J connectivity index is 1.71. The smallest absolute Gasteiger partial charge is 0.223 e. The van der Waals surface area contributed by atoms with Gasteiger partial charge in [-0.1, -0.05) is 12.1 Å². The molecular formula is C17H15N5S2. The summed E-state index contributed by atoms with van der Waals surface area (Å²) in [6.07, 6.45) is 5.56. The van der Waals surface area contributed by atoms with Crippen LogP contribution in [-0.2, 0) is 13.6 Å². The van der Waals surface area contributed by atoms with Gasteiger partial charge in [-0.15, -0.1) is 22.7 Å². The lowest BCUT2D eigenvalue weighted by atomic mass is 10.2. The average Bonchev–Trinajstić information content (AvgIpc) is 3.35. The summed E-state index contributed by atoms with van der Waals surface area (Å²) >= 11 is 3.38. The van der Waals surface area contributed by atoms with E-state index in [9.17, 15) is 0 Å². The number of imidazole rings is 1. The molecule has 0 spiro atoms. The van der Waals surface area contributed by atoms with Gasteiger partial charge in [0.25, 0.3) is 0 Å². The van der Waals surface area contributed by atoms with E-state index in [4.69, 9.17) is 4.98 Å². The lowest BCUT2D eigenvalue weighted by Gasteiger charge is -2.10. The summed E-state index contributed by atoms with van der Waals surface area (Å²) in [5, 5.41) is 7.42. The molecule has 0 saturated carbocycles. The van der Waals surface area contributed by atoms with Crippen molar-refractivity contribution in [3.05, 3.63) is 58.5 Å². The summed E-state index contributed by atoms with van der Waals surface area (Å²) < 4.78 is 1.98. The number of thiophene rings is 2. The zero-order chi connectivity index (χ0) is 16.4. The van der Waals surface area contributed by atoms with E-state index < -0.39 is 0 Å². The third-order valence-electron chi connectivity index (χ3n) is 3.61. The van der Waals surface area contributed by atoms with Gasteiger partial charge in [-0.25, -0.2) is 15.0 Å². The topological polar surface area (TPSA) is 55.6 Å². The van der Waals surface area contributed by atoms with Crippen molar-refractivity contribution in [1.82, 2.24) is 19.5 Å². The lowest BCUT2D eigenvalue weighted by molar-refractivity contribution is 0.921. The molecule has 5 nitrogen and oxygen atoms in total. The third-order valence-corrected chi connectivity index (χ3v) is 5.36. The van der Waals surface area contributed by atoms with Gasteiger partial charge < -0.3 is 9.88 Å². The molecule has 0 fully saturated rings. The van der Waals surface area contributed by atoms with Crippen LogP contribution in [0, 0.1) is 0 Å². The molecule has 4 rings (SSSR count). The number of hydrogen-bond acceptors (Lipinski definition) is 6. The first-order valence-electron chi connectivity index (χ1n) is 7.46. The molecule has 0 saturated heterocycles. The van der Waals surface area contributed by atoms with Gasteiger partial charge in [0, 0.05) is 30.5 Å². The summed E-state index contributed by atoms with van der Waals surface area (Å²) in [5.41, 5.74) is 1.84. The molecule has 0 aliphatic heterocycles. The molecular weight excluding hydrogens is 338 g/mol. The van der Waals surface area contributed by atoms with Gasteiger partial charge >= 0.3 is 0 Å². The normalized spacial score (nSPS) is 10.9. The Bertz CT molecular complexity index is 926. The predicted molar refractivity (Wildman–Crippen MR) is 99.2 cm³/mol. The summed E-state index contributed by atoms with van der Waals surface area (Å²) in [7, 11) is 1.98. The molecule has 0 atom stereocenters. The Morgan fingerprint density at radius 2 is 2.00 bits per heavy atom. The molecule has 4 aromatic rings. The van der Waals surface area contributed by atoms with E-state index >= 15 is 0 Å². The van der Waals surface area contributed by atoms with Gasteiger partial charge in [0.1, 0.15) is 5.82 Å². The maximum atomic E-state index is 4.75. The van der Waals surface area contributed by atoms with Crippen LogP contribution in [0.1, 0.15) is 4.88 Å². The minimum absolute atomic E-state index is 0.629. The second kappa shape index (κ2) is 6.54. The molecule has 24 heavy (non-hydrogen) atoms. The molecule has 0 aromatic carbocycles. The Morgan fingerprint density at radius 3 is 2.71 bits per heavy atom. The van der Waals surface area contributed by atoms with Crippen molar-refractivity contribution in [2.45, 2.75) is 6.54 Å². The zero-order valence-electron chi connectivity index (χ0n) is 13.0. The molecule has 0 aliphatic rings. The highest BCUT2D eigenvalue weighted by molar-refractivity contribution is 7.13. The quantitative estimate of drug-likeness (QED) is 0.582. The van der Waals surface area contributed by atoms with Crippen LogP contribution in [-0.4, -0.2) is 19.5 Å². The van der Waals surface area contributed by atoms with Gasteiger partial charge in [-0.05, 0) is 22.9 Å². The highest BCUT2D eigenvalue weighted by Gasteiger charge is 2.15. The predicted octanol–water partition coefficient (Wildman–Crippen LogP) is 4.28. The summed E-state index contributed by atoms with van der Waals surface area (Å²) in [4.78, 5) is 16.0. The van der Waals surface area contributed by atoms with E-state index in [-0.39, 0.29) is 0 Å². The number of nitrogens with zero attached hydrogens (tertiary/aromatic N) is 4. The van der Waals surface area contributed by atoms with Gasteiger partial charge in [-0.2, -0.15) is 0 Å². The van der Waals surface area contributed by atoms with Gasteiger partial charge in [0.15, 0.2) is 0 Å². The fourth-order valence-corrected chi connectivity index (χ4v) is 3.81. The molecule has 0 aliphatic carbocycles. The number of aryl methyl sites for hydroxylation is 1. The fourth-order valence-electron chi connectivity index (χ4n) is 2.44. The highest BCUT2D eigenvalue weighted by Crippen LogP contribution is 2.32. The number of aromatic nitrogens is 4. The van der Waals surface area contributed by atoms with Crippen molar-refractivity contribution in [2.75, 3.05) is 5.32 Å². The van der Waals surface area contributed by atoms with E-state index in [1.807, 2.05) is 36.1 Å². The van der Waals surface area contributed by atoms with Gasteiger partial charge in [0.05, 0.1) is 22.7 Å². The number of nitrogens with one attached hydrogen (secondary N) is 1. The first-order chi connectivity index (χ1) is 11.8. The van der Waals surface area contributed by atoms with Crippen molar-refractivity contribution in [3.63, 3.8) is 0 Å². The van der Waals surface area contributed by atoms with E-state index in [1.165, 1.54) is 4.88 Å². The average molecular weight is 353 g/mol. The Morgan fingerprint density at radius 1 is 1.12 bits per heavy atom. The van der Waals surface area contributed by atoms with Gasteiger partial charge in [-0.3, -0.25) is 0 Å². The Hall–Kier alpha value is -2.51. The van der Waals surface area contributed by atoms with Crippen LogP contribution < -0.4 is 5.32 Å². The summed E-state index contributed by atoms with van der Waals surface area (Å²) in [6.45, 7) is 0.725. The second-order valence-corrected chi connectivity index (χ2v) is 7.21. The molecule has 0 bridgehead atoms. The SMILES string of the molecule is Cn1ccnc1-c1cnc(NCc2cccs2)nc1-c1cccs1. The Labute approximate surface area is 147 Å². The van der Waals surface area contributed by atoms with Crippen molar-refractivity contribution in [1.29, 1.82) is 0 Å². The molecule has 0 radical (unpaired) electrons. The third kappa shape index (κ3) is 2.95. The van der Waals surface area contributed by atoms with Crippen LogP contribution in [0.2, 0.25) is 0 Å². The van der Waals surface area contributed by atoms with Crippen molar-refractivity contribution in [3.8, 4) is 22.0 Å². The zero-order valence-corrected chi connectivity index (χ0v) is 14.6. The van der Waals surface area contributed by atoms with Crippen LogP contribution in [0.3, 0.4) is 0 Å². The van der Waals surface area contributed by atoms with Crippen LogP contribution in [0.15, 0.2) is 53.6 Å². The van der Waals surface area contributed by atoms with E-state index in [0.29, 0.717) is 5.95 Å². The fraction of sp³-hybridized carbons (Fsp3) is 0.118. The van der Waals surface area contributed by atoms with Gasteiger partial charge in [0.2, 0.25) is 5.95 Å². The van der Waals surface area contributed by atoms with Crippen molar-refractivity contribution in [2.24, 2.45) is 7.05 Å². The van der Waals surface area contributed by atoms with E-state index in [2.05, 4.69) is 38.2 Å². The molecule has 0 amide bonds. The highest BCUT2D eigenvalue weighted by atomic mass is 32.1. The second-order valence-electron chi connectivity index (χ2n) is 5.23. The minimum atomic E-state index is 0.629. The monoisotopic (exact) mass is 353 g/mol. The number of hydrogen-bond donors (Lipinski definition) is 1. The molecule has 4 aromatic heterocycles. The summed E-state index contributed by atoms with van der Waals surface area (Å²) in [6, 6.07) is 8.25. The van der Waals surface area contributed by atoms with Crippen LogP contribution in [0.4, 0.5) is 5.95 Å². The molecule has 0 unspecified atom stereocenters. The van der Waals surface area contributed by atoms with E-state index in [0.717, 1.165) is 28.5 Å². The summed E-state index contributed by atoms with van der Waals surface area (Å²) in [5.74, 6) is 1.49. The van der Waals surface area contributed by atoms with Crippen molar-refractivity contribution >= 4 is 28.6 Å². The van der Waals surface area contributed by atoms with Crippen molar-refractivity contribution < 1.29 is 0 Å². The molecule has 1 N–H and O–H groups in total. The Kier molecular flexibility index (Phi) is 4.10. The number of rotatable bonds is 5. The molecule has 4 heterocycles. The molecule has 7 heteroatoms. The molecule has 120 valence electrons. The van der Waals surface area contributed by atoms with Crippen LogP contribution >= 0.6 is 22.7 Å². The lowest BCUT2D eigenvalue weighted by Crippen LogP contribution is -2.04. The largest absolute Gasteiger partial charge is 0.349 e. The maximum Gasteiger partial charge on any atom is 0.223 e. The number of anilines is 1. The first kappa shape index (κ1) is 15.0. The van der Waals surface area contributed by atoms with E-state index in [1.54, 1.807) is 28.9 Å². The first-order valence-corrected chi connectivity index (χ1v) is 9.22. The van der Waals surface area contributed by atoms with Crippen LogP contribution in [0.25, 0.3) is 22.0 Å². The standard InChI is InChI=1S/C17H15N5S2/c1-22-7-6-18-16(22)13-11-20-17(19-10-12-4-2-8-23-12)21-15(13)14-5-3-9-24-14/h2-9,11H,10H2,1H3,(H,19,20,21). The minimum Gasteiger partial charge on any atom is -0.349 e. The van der Waals surface area contributed by atoms with Crippen LogP contribution in [0.5, 0.6) is 0 Å². The maximum absolute atomic E-state index is 4.75.